The predicted octanol–water partition coefficient (Wildman–Crippen LogP) is 3.16. The Hall–Kier alpha value is -1.40. The monoisotopic (exact) mass is 349 g/mol. The van der Waals surface area contributed by atoms with E-state index in [0.29, 0.717) is 6.54 Å². The zero-order valence-corrected chi connectivity index (χ0v) is 14.4. The molecule has 0 unspecified atom stereocenters. The zero-order valence-electron chi connectivity index (χ0n) is 12.9. The summed E-state index contributed by atoms with van der Waals surface area (Å²) in [5.41, 5.74) is 0.853. The van der Waals surface area contributed by atoms with Crippen LogP contribution >= 0.6 is 22.9 Å². The van der Waals surface area contributed by atoms with E-state index < -0.39 is 0 Å². The van der Waals surface area contributed by atoms with Crippen molar-refractivity contribution in [3.8, 4) is 0 Å². The first-order valence-electron chi connectivity index (χ1n) is 7.73. The Kier molecular flexibility index (Phi) is 5.67. The molecule has 1 aliphatic rings. The average molecular weight is 350 g/mol. The van der Waals surface area contributed by atoms with Crippen LogP contribution in [0.25, 0.3) is 0 Å². The maximum atomic E-state index is 12.1. The van der Waals surface area contributed by atoms with Gasteiger partial charge in [0, 0.05) is 43.3 Å². The van der Waals surface area contributed by atoms with Gasteiger partial charge in [0.25, 0.3) is 0 Å². The lowest BCUT2D eigenvalue weighted by Gasteiger charge is -2.34. The number of carbonyl (C=O) groups is 1. The maximum Gasteiger partial charge on any atom is 0.238 e. The average Bonchev–Trinajstić information content (AvgIpc) is 2.95. The fraction of sp³-hybridized carbons (Fsp3) is 0.353. The van der Waals surface area contributed by atoms with Gasteiger partial charge in [0.15, 0.2) is 0 Å². The molecule has 1 saturated heterocycles. The van der Waals surface area contributed by atoms with Crippen LogP contribution in [0.4, 0.5) is 5.69 Å². The van der Waals surface area contributed by atoms with Crippen molar-refractivity contribution in [2.45, 2.75) is 6.54 Å². The third kappa shape index (κ3) is 5.04. The first-order valence-corrected chi connectivity index (χ1v) is 8.92. The van der Waals surface area contributed by atoms with Crippen LogP contribution in [-0.4, -0.2) is 48.4 Å². The van der Waals surface area contributed by atoms with Crippen LogP contribution in [-0.2, 0) is 11.3 Å². The summed E-state index contributed by atoms with van der Waals surface area (Å²) in [6, 6.07) is 13.6. The number of hydrogen-bond acceptors (Lipinski definition) is 4. The Bertz CT molecular complexity index is 638. The highest BCUT2D eigenvalue weighted by Gasteiger charge is 2.19. The molecule has 1 aromatic carbocycles. The lowest BCUT2D eigenvalue weighted by Crippen LogP contribution is -2.48. The van der Waals surface area contributed by atoms with Gasteiger partial charge < -0.3 is 5.32 Å². The number of thiophene rings is 1. The number of anilines is 1. The molecule has 0 bridgehead atoms. The molecule has 6 heteroatoms. The molecule has 0 radical (unpaired) electrons. The van der Waals surface area contributed by atoms with Gasteiger partial charge >= 0.3 is 0 Å². The van der Waals surface area contributed by atoms with E-state index in [0.717, 1.165) is 42.7 Å². The van der Waals surface area contributed by atoms with E-state index in [9.17, 15) is 4.79 Å². The van der Waals surface area contributed by atoms with E-state index in [1.54, 1.807) is 11.3 Å². The van der Waals surface area contributed by atoms with Crippen LogP contribution in [0.2, 0.25) is 4.34 Å². The van der Waals surface area contributed by atoms with Crippen molar-refractivity contribution >= 4 is 34.5 Å². The smallest absolute Gasteiger partial charge is 0.238 e. The van der Waals surface area contributed by atoms with E-state index in [4.69, 9.17) is 11.6 Å². The van der Waals surface area contributed by atoms with Gasteiger partial charge in [-0.25, -0.2) is 0 Å². The molecular formula is C17H20ClN3OS. The van der Waals surface area contributed by atoms with Crippen molar-refractivity contribution in [2.24, 2.45) is 0 Å². The fourth-order valence-corrected chi connectivity index (χ4v) is 3.82. The highest BCUT2D eigenvalue weighted by molar-refractivity contribution is 7.16. The summed E-state index contributed by atoms with van der Waals surface area (Å²) >= 11 is 7.61. The molecule has 1 aliphatic heterocycles. The van der Waals surface area contributed by atoms with Crippen molar-refractivity contribution < 1.29 is 4.79 Å². The Morgan fingerprint density at radius 2 is 1.74 bits per heavy atom. The summed E-state index contributed by atoms with van der Waals surface area (Å²) in [7, 11) is 0. The number of benzene rings is 1. The van der Waals surface area contributed by atoms with E-state index in [1.165, 1.54) is 4.88 Å². The second kappa shape index (κ2) is 7.93. The lowest BCUT2D eigenvalue weighted by atomic mass is 10.3. The molecule has 2 heterocycles. The summed E-state index contributed by atoms with van der Waals surface area (Å²) in [6.07, 6.45) is 0. The standard InChI is InChI=1S/C17H20ClN3OS/c18-16-7-6-15(23-16)12-20-8-10-21(11-9-20)13-17(22)19-14-4-2-1-3-5-14/h1-7H,8-13H2,(H,19,22). The largest absolute Gasteiger partial charge is 0.325 e. The molecule has 1 aromatic heterocycles. The van der Waals surface area contributed by atoms with Gasteiger partial charge in [0.1, 0.15) is 0 Å². The minimum atomic E-state index is 0.0506. The molecule has 122 valence electrons. The van der Waals surface area contributed by atoms with Crippen molar-refractivity contribution in [3.63, 3.8) is 0 Å². The van der Waals surface area contributed by atoms with Crippen LogP contribution in [0.3, 0.4) is 0 Å². The quantitative estimate of drug-likeness (QED) is 0.900. The van der Waals surface area contributed by atoms with E-state index >= 15 is 0 Å². The molecule has 1 N–H and O–H groups in total. The van der Waals surface area contributed by atoms with Crippen LogP contribution in [0.5, 0.6) is 0 Å². The maximum absolute atomic E-state index is 12.1. The summed E-state index contributed by atoms with van der Waals surface area (Å²) in [4.78, 5) is 18.0. The van der Waals surface area contributed by atoms with Crippen molar-refractivity contribution in [1.82, 2.24) is 9.80 Å². The van der Waals surface area contributed by atoms with Gasteiger partial charge in [-0.05, 0) is 24.3 Å². The van der Waals surface area contributed by atoms with Crippen LogP contribution < -0.4 is 5.32 Å². The van der Waals surface area contributed by atoms with Crippen molar-refractivity contribution in [2.75, 3.05) is 38.0 Å². The highest BCUT2D eigenvalue weighted by atomic mass is 35.5. The van der Waals surface area contributed by atoms with Crippen molar-refractivity contribution in [3.05, 3.63) is 51.7 Å². The predicted molar refractivity (Wildman–Crippen MR) is 96.1 cm³/mol. The number of piperazine rings is 1. The number of para-hydroxylation sites is 1. The van der Waals surface area contributed by atoms with Gasteiger partial charge in [0.05, 0.1) is 10.9 Å². The van der Waals surface area contributed by atoms with E-state index in [2.05, 4.69) is 21.2 Å². The summed E-state index contributed by atoms with van der Waals surface area (Å²) in [6.45, 7) is 5.19. The number of rotatable bonds is 5. The Morgan fingerprint density at radius 1 is 1.04 bits per heavy atom. The minimum Gasteiger partial charge on any atom is -0.325 e. The Balaban J connectivity index is 1.41. The fourth-order valence-electron chi connectivity index (χ4n) is 2.69. The van der Waals surface area contributed by atoms with Gasteiger partial charge in [-0.15, -0.1) is 11.3 Å². The molecule has 0 saturated carbocycles. The normalized spacial score (nSPS) is 16.4. The van der Waals surface area contributed by atoms with E-state index in [1.807, 2.05) is 36.4 Å². The molecule has 1 fully saturated rings. The molecule has 0 aliphatic carbocycles. The third-order valence-electron chi connectivity index (χ3n) is 3.90. The van der Waals surface area contributed by atoms with Crippen LogP contribution in [0, 0.1) is 0 Å². The molecular weight excluding hydrogens is 330 g/mol. The first-order chi connectivity index (χ1) is 11.2. The summed E-state index contributed by atoms with van der Waals surface area (Å²) < 4.78 is 0.844. The molecule has 23 heavy (non-hydrogen) atoms. The highest BCUT2D eigenvalue weighted by Crippen LogP contribution is 2.23. The summed E-state index contributed by atoms with van der Waals surface area (Å²) in [5, 5.41) is 2.94. The van der Waals surface area contributed by atoms with Crippen LogP contribution in [0.1, 0.15) is 4.88 Å². The molecule has 3 rings (SSSR count). The number of amides is 1. The molecule has 0 spiro atoms. The molecule has 1 amide bonds. The topological polar surface area (TPSA) is 35.6 Å². The van der Waals surface area contributed by atoms with Gasteiger partial charge in [-0.2, -0.15) is 0 Å². The van der Waals surface area contributed by atoms with Gasteiger partial charge in [-0.1, -0.05) is 29.8 Å². The number of hydrogen-bond donors (Lipinski definition) is 1. The van der Waals surface area contributed by atoms with Crippen LogP contribution in [0.15, 0.2) is 42.5 Å². The zero-order chi connectivity index (χ0) is 16.1. The van der Waals surface area contributed by atoms with Crippen molar-refractivity contribution in [1.29, 1.82) is 0 Å². The number of nitrogens with zero attached hydrogens (tertiary/aromatic N) is 2. The third-order valence-corrected chi connectivity index (χ3v) is 5.11. The Labute approximate surface area is 145 Å². The van der Waals surface area contributed by atoms with Gasteiger partial charge in [-0.3, -0.25) is 14.6 Å². The van der Waals surface area contributed by atoms with E-state index in [-0.39, 0.29) is 5.91 Å². The first kappa shape index (κ1) is 16.5. The lowest BCUT2D eigenvalue weighted by molar-refractivity contribution is -0.117. The number of halogens is 1. The summed E-state index contributed by atoms with van der Waals surface area (Å²) in [5.74, 6) is 0.0506. The minimum absolute atomic E-state index is 0.0506. The number of nitrogens with one attached hydrogen (secondary N) is 1. The molecule has 0 atom stereocenters. The molecule has 4 nitrogen and oxygen atoms in total. The van der Waals surface area contributed by atoms with Gasteiger partial charge in [0.2, 0.25) is 5.91 Å². The second-order valence-corrected chi connectivity index (χ2v) is 7.47. The SMILES string of the molecule is O=C(CN1CCN(Cc2ccc(Cl)s2)CC1)Nc1ccccc1. The molecule has 2 aromatic rings. The second-order valence-electron chi connectivity index (χ2n) is 5.67. The number of carbonyl (C=O) groups excluding carboxylic acids is 1. The Morgan fingerprint density at radius 3 is 2.39 bits per heavy atom.